The molecular formula is C15H21N7O. The molecule has 8 heteroatoms. The van der Waals surface area contributed by atoms with Crippen molar-refractivity contribution in [1.82, 2.24) is 35.0 Å². The zero-order chi connectivity index (χ0) is 16.4. The average molecular weight is 315 g/mol. The smallest absolute Gasteiger partial charge is 0.252 e. The summed E-state index contributed by atoms with van der Waals surface area (Å²) in [6.45, 7) is 6.10. The van der Waals surface area contributed by atoms with Crippen LogP contribution in [0.1, 0.15) is 35.6 Å². The third-order valence-corrected chi connectivity index (χ3v) is 4.07. The van der Waals surface area contributed by atoms with Gasteiger partial charge in [0.05, 0.1) is 0 Å². The van der Waals surface area contributed by atoms with Gasteiger partial charge in [-0.05, 0) is 39.8 Å². The Morgan fingerprint density at radius 1 is 1.26 bits per heavy atom. The van der Waals surface area contributed by atoms with E-state index in [1.807, 2.05) is 20.9 Å². The lowest BCUT2D eigenvalue weighted by molar-refractivity contribution is 0.371. The lowest BCUT2D eigenvalue weighted by atomic mass is 10.1. The Kier molecular flexibility index (Phi) is 4.33. The molecule has 0 spiro atoms. The van der Waals surface area contributed by atoms with E-state index in [1.54, 1.807) is 4.52 Å². The van der Waals surface area contributed by atoms with E-state index in [0.29, 0.717) is 24.1 Å². The van der Waals surface area contributed by atoms with Crippen LogP contribution < -0.4 is 5.32 Å². The van der Waals surface area contributed by atoms with E-state index in [2.05, 4.69) is 37.4 Å². The fourth-order valence-electron chi connectivity index (χ4n) is 2.60. The van der Waals surface area contributed by atoms with Crippen LogP contribution >= 0.6 is 0 Å². The van der Waals surface area contributed by atoms with Gasteiger partial charge in [-0.15, -0.1) is 0 Å². The molecule has 3 rings (SSSR count). The van der Waals surface area contributed by atoms with E-state index < -0.39 is 0 Å². The first-order valence-electron chi connectivity index (χ1n) is 7.73. The first kappa shape index (κ1) is 15.5. The summed E-state index contributed by atoms with van der Waals surface area (Å²) in [5, 5.41) is 11.4. The SMILES string of the molecule is CNC(C)Cc1noc(CCc2c(C)nc3ncnn3c2C)n1. The molecule has 1 atom stereocenters. The van der Waals surface area contributed by atoms with Gasteiger partial charge >= 0.3 is 0 Å². The van der Waals surface area contributed by atoms with Crippen LogP contribution in [0.2, 0.25) is 0 Å². The molecule has 0 aliphatic heterocycles. The highest BCUT2D eigenvalue weighted by Crippen LogP contribution is 2.15. The van der Waals surface area contributed by atoms with Crippen LogP contribution in [0.5, 0.6) is 0 Å². The molecular weight excluding hydrogens is 294 g/mol. The molecule has 3 aromatic heterocycles. The Hall–Kier alpha value is -2.35. The molecule has 0 amide bonds. The first-order valence-corrected chi connectivity index (χ1v) is 7.73. The summed E-state index contributed by atoms with van der Waals surface area (Å²) in [5.41, 5.74) is 3.16. The fourth-order valence-corrected chi connectivity index (χ4v) is 2.60. The number of likely N-dealkylation sites (N-methyl/N-ethyl adjacent to an activating group) is 1. The molecule has 0 aliphatic rings. The van der Waals surface area contributed by atoms with E-state index in [4.69, 9.17) is 4.52 Å². The maximum absolute atomic E-state index is 5.34. The molecule has 0 aliphatic carbocycles. The largest absolute Gasteiger partial charge is 0.339 e. The van der Waals surface area contributed by atoms with E-state index in [9.17, 15) is 0 Å². The minimum atomic E-state index is 0.323. The van der Waals surface area contributed by atoms with E-state index in [0.717, 1.165) is 35.6 Å². The van der Waals surface area contributed by atoms with Gasteiger partial charge in [-0.25, -0.2) is 9.50 Å². The lowest BCUT2D eigenvalue weighted by Gasteiger charge is -2.08. The number of hydrogen-bond donors (Lipinski definition) is 1. The molecule has 122 valence electrons. The number of rotatable bonds is 6. The maximum atomic E-state index is 5.34. The van der Waals surface area contributed by atoms with Gasteiger partial charge in [0.1, 0.15) is 6.33 Å². The summed E-state index contributed by atoms with van der Waals surface area (Å²) in [7, 11) is 1.92. The van der Waals surface area contributed by atoms with E-state index >= 15 is 0 Å². The van der Waals surface area contributed by atoms with Crippen LogP contribution in [0.4, 0.5) is 0 Å². The molecule has 1 unspecified atom stereocenters. The van der Waals surface area contributed by atoms with Crippen molar-refractivity contribution in [2.45, 2.75) is 46.1 Å². The number of aromatic nitrogens is 6. The van der Waals surface area contributed by atoms with Crippen molar-refractivity contribution < 1.29 is 4.52 Å². The summed E-state index contributed by atoms with van der Waals surface area (Å²) in [6, 6.07) is 0.323. The van der Waals surface area contributed by atoms with Crippen molar-refractivity contribution in [3.05, 3.63) is 35.0 Å². The number of aryl methyl sites for hydroxylation is 3. The van der Waals surface area contributed by atoms with Gasteiger partial charge in [0, 0.05) is 30.3 Å². The predicted molar refractivity (Wildman–Crippen MR) is 84.2 cm³/mol. The Morgan fingerprint density at radius 2 is 2.09 bits per heavy atom. The molecule has 0 saturated heterocycles. The van der Waals surface area contributed by atoms with Gasteiger partial charge in [-0.2, -0.15) is 15.1 Å². The molecule has 8 nitrogen and oxygen atoms in total. The van der Waals surface area contributed by atoms with Gasteiger partial charge in [0.2, 0.25) is 5.89 Å². The Balaban J connectivity index is 1.73. The van der Waals surface area contributed by atoms with Crippen LogP contribution in [0.3, 0.4) is 0 Å². The third-order valence-electron chi connectivity index (χ3n) is 4.07. The van der Waals surface area contributed by atoms with Gasteiger partial charge in [-0.3, -0.25) is 0 Å². The zero-order valence-corrected chi connectivity index (χ0v) is 13.9. The summed E-state index contributed by atoms with van der Waals surface area (Å²) in [4.78, 5) is 13.1. The molecule has 1 N–H and O–H groups in total. The standard InChI is InChI=1S/C15H21N7O/c1-9(16-4)7-13-20-14(23-21-13)6-5-12-10(2)19-15-17-8-18-22(15)11(12)3/h8-9,16H,5-7H2,1-4H3. The molecule has 0 fully saturated rings. The van der Waals surface area contributed by atoms with E-state index in [1.165, 1.54) is 6.33 Å². The molecule has 3 heterocycles. The van der Waals surface area contributed by atoms with Crippen molar-refractivity contribution in [1.29, 1.82) is 0 Å². The summed E-state index contributed by atoms with van der Waals surface area (Å²) >= 11 is 0. The summed E-state index contributed by atoms with van der Waals surface area (Å²) in [6.07, 6.45) is 3.74. The van der Waals surface area contributed by atoms with Crippen molar-refractivity contribution in [2.24, 2.45) is 0 Å². The number of fused-ring (bicyclic) bond motifs is 1. The molecule has 0 saturated carbocycles. The number of nitrogens with zero attached hydrogens (tertiary/aromatic N) is 6. The van der Waals surface area contributed by atoms with Gasteiger partial charge in [-0.1, -0.05) is 5.16 Å². The summed E-state index contributed by atoms with van der Waals surface area (Å²) < 4.78 is 7.10. The van der Waals surface area contributed by atoms with Crippen LogP contribution in [-0.2, 0) is 19.3 Å². The minimum Gasteiger partial charge on any atom is -0.339 e. The van der Waals surface area contributed by atoms with Gasteiger partial charge < -0.3 is 9.84 Å². The monoisotopic (exact) mass is 315 g/mol. The van der Waals surface area contributed by atoms with Crippen molar-refractivity contribution in [2.75, 3.05) is 7.05 Å². The number of hydrogen-bond acceptors (Lipinski definition) is 7. The number of nitrogens with one attached hydrogen (secondary N) is 1. The Labute approximate surface area is 134 Å². The average Bonchev–Trinajstić information content (AvgIpc) is 3.16. The van der Waals surface area contributed by atoms with Crippen LogP contribution in [-0.4, -0.2) is 42.8 Å². The fraction of sp³-hybridized carbons (Fsp3) is 0.533. The molecule has 0 radical (unpaired) electrons. The first-order chi connectivity index (χ1) is 11.1. The lowest BCUT2D eigenvalue weighted by Crippen LogP contribution is -2.24. The normalized spacial score (nSPS) is 12.9. The topological polar surface area (TPSA) is 94.0 Å². The molecule has 0 bridgehead atoms. The van der Waals surface area contributed by atoms with Crippen LogP contribution in [0.25, 0.3) is 5.78 Å². The van der Waals surface area contributed by atoms with Gasteiger partial charge in [0.25, 0.3) is 5.78 Å². The third kappa shape index (κ3) is 3.21. The van der Waals surface area contributed by atoms with Gasteiger partial charge in [0.15, 0.2) is 5.82 Å². The molecule has 3 aromatic rings. The van der Waals surface area contributed by atoms with E-state index in [-0.39, 0.29) is 0 Å². The Bertz CT molecular complexity index is 807. The van der Waals surface area contributed by atoms with Crippen LogP contribution in [0, 0.1) is 13.8 Å². The second kappa shape index (κ2) is 6.41. The Morgan fingerprint density at radius 3 is 2.87 bits per heavy atom. The van der Waals surface area contributed by atoms with Crippen LogP contribution in [0.15, 0.2) is 10.9 Å². The second-order valence-electron chi connectivity index (χ2n) is 5.73. The highest BCUT2D eigenvalue weighted by atomic mass is 16.5. The second-order valence-corrected chi connectivity index (χ2v) is 5.73. The van der Waals surface area contributed by atoms with Crippen molar-refractivity contribution in [3.8, 4) is 0 Å². The zero-order valence-electron chi connectivity index (χ0n) is 13.9. The van der Waals surface area contributed by atoms with Crippen molar-refractivity contribution >= 4 is 5.78 Å². The highest BCUT2D eigenvalue weighted by Gasteiger charge is 2.14. The highest BCUT2D eigenvalue weighted by molar-refractivity contribution is 5.36. The summed E-state index contributed by atoms with van der Waals surface area (Å²) in [5.74, 6) is 2.02. The molecule has 23 heavy (non-hydrogen) atoms. The quantitative estimate of drug-likeness (QED) is 0.727. The van der Waals surface area contributed by atoms with Crippen molar-refractivity contribution in [3.63, 3.8) is 0 Å². The molecule has 0 aromatic carbocycles. The predicted octanol–water partition coefficient (Wildman–Crippen LogP) is 1.06. The maximum Gasteiger partial charge on any atom is 0.252 e. The minimum absolute atomic E-state index is 0.323.